The average Bonchev–Trinajstić information content (AvgIpc) is 2.22. The van der Waals surface area contributed by atoms with Gasteiger partial charge in [-0.05, 0) is 30.2 Å². The fraction of sp³-hybridized carbons (Fsp3) is 0.333. The van der Waals surface area contributed by atoms with Gasteiger partial charge in [0.15, 0.2) is 0 Å². The second-order valence-corrected chi connectivity index (χ2v) is 4.07. The van der Waals surface area contributed by atoms with Gasteiger partial charge in [-0.2, -0.15) is 0 Å². The maximum atomic E-state index is 13.6. The van der Waals surface area contributed by atoms with Crippen LogP contribution in [0.1, 0.15) is 29.9 Å². The van der Waals surface area contributed by atoms with Crippen molar-refractivity contribution < 1.29 is 23.1 Å². The van der Waals surface area contributed by atoms with Crippen LogP contribution in [0.25, 0.3) is 0 Å². The van der Waals surface area contributed by atoms with Gasteiger partial charge in [-0.1, -0.05) is 0 Å². The van der Waals surface area contributed by atoms with Crippen LogP contribution in [0, 0.1) is 18.6 Å². The number of ether oxygens (including phenoxy) is 1. The number of carbonyl (C=O) groups is 2. The fourth-order valence-electron chi connectivity index (χ4n) is 1.88. The van der Waals surface area contributed by atoms with Gasteiger partial charge in [0.25, 0.3) is 0 Å². The number of benzene rings is 1. The summed E-state index contributed by atoms with van der Waals surface area (Å²) in [5.41, 5.74) is 0.245. The highest BCUT2D eigenvalue weighted by Gasteiger charge is 2.30. The highest BCUT2D eigenvalue weighted by molar-refractivity contribution is 5.89. The largest absolute Gasteiger partial charge is 0.393 e. The molecule has 0 N–H and O–H groups in total. The zero-order chi connectivity index (χ0) is 12.6. The highest BCUT2D eigenvalue weighted by Crippen LogP contribution is 2.31. The number of cyclic esters (lactones) is 2. The van der Waals surface area contributed by atoms with Crippen molar-refractivity contribution in [3.05, 3.63) is 34.9 Å². The molecule has 0 aromatic heterocycles. The molecule has 0 radical (unpaired) electrons. The maximum Gasteiger partial charge on any atom is 0.314 e. The summed E-state index contributed by atoms with van der Waals surface area (Å²) in [5.74, 6) is -3.19. The standard InChI is InChI=1S/C12H10F2O3/c1-6-2-10(14)8(5-9(6)13)7-3-11(15)17-12(16)4-7/h2,5,7H,3-4H2,1H3. The van der Waals surface area contributed by atoms with Crippen molar-refractivity contribution in [1.29, 1.82) is 0 Å². The van der Waals surface area contributed by atoms with E-state index in [1.165, 1.54) is 6.92 Å². The molecule has 2 rings (SSSR count). The van der Waals surface area contributed by atoms with Crippen molar-refractivity contribution in [3.8, 4) is 0 Å². The lowest BCUT2D eigenvalue weighted by Crippen LogP contribution is -2.24. The number of rotatable bonds is 1. The van der Waals surface area contributed by atoms with E-state index in [4.69, 9.17) is 0 Å². The lowest BCUT2D eigenvalue weighted by atomic mass is 9.90. The first-order valence-electron chi connectivity index (χ1n) is 5.16. The fourth-order valence-corrected chi connectivity index (χ4v) is 1.88. The Kier molecular flexibility index (Phi) is 2.92. The van der Waals surface area contributed by atoms with Crippen LogP contribution in [0.4, 0.5) is 8.78 Å². The third kappa shape index (κ3) is 2.33. The molecule has 0 atom stereocenters. The molecule has 1 aliphatic heterocycles. The number of carbonyl (C=O) groups excluding carboxylic acids is 2. The number of hydrogen-bond donors (Lipinski definition) is 0. The Bertz CT molecular complexity index is 481. The first-order valence-corrected chi connectivity index (χ1v) is 5.16. The monoisotopic (exact) mass is 240 g/mol. The van der Waals surface area contributed by atoms with Gasteiger partial charge in [-0.15, -0.1) is 0 Å². The quantitative estimate of drug-likeness (QED) is 0.558. The minimum absolute atomic E-state index is 0.0538. The number of halogens is 2. The molecule has 0 unspecified atom stereocenters. The molecule has 3 nitrogen and oxygen atoms in total. The van der Waals surface area contributed by atoms with Crippen LogP contribution in [0.15, 0.2) is 12.1 Å². The minimum Gasteiger partial charge on any atom is -0.393 e. The molecule has 1 aromatic rings. The summed E-state index contributed by atoms with van der Waals surface area (Å²) in [7, 11) is 0. The summed E-state index contributed by atoms with van der Waals surface area (Å²) in [6.45, 7) is 1.45. The molecule has 0 spiro atoms. The van der Waals surface area contributed by atoms with Gasteiger partial charge in [-0.25, -0.2) is 8.78 Å². The lowest BCUT2D eigenvalue weighted by molar-refractivity contribution is -0.163. The lowest BCUT2D eigenvalue weighted by Gasteiger charge is -2.20. The predicted molar refractivity (Wildman–Crippen MR) is 54.2 cm³/mol. The first kappa shape index (κ1) is 11.7. The second kappa shape index (κ2) is 4.24. The van der Waals surface area contributed by atoms with Crippen molar-refractivity contribution in [2.75, 3.05) is 0 Å². The zero-order valence-corrected chi connectivity index (χ0v) is 9.13. The van der Waals surface area contributed by atoms with Crippen molar-refractivity contribution in [1.82, 2.24) is 0 Å². The van der Waals surface area contributed by atoms with Crippen LogP contribution in [-0.2, 0) is 14.3 Å². The van der Waals surface area contributed by atoms with E-state index in [-0.39, 0.29) is 24.0 Å². The van der Waals surface area contributed by atoms with E-state index in [1.807, 2.05) is 0 Å². The van der Waals surface area contributed by atoms with E-state index in [0.29, 0.717) is 0 Å². The molecule has 0 amide bonds. The van der Waals surface area contributed by atoms with Crippen LogP contribution in [0.5, 0.6) is 0 Å². The van der Waals surface area contributed by atoms with Gasteiger partial charge >= 0.3 is 11.9 Å². The summed E-state index contributed by atoms with van der Waals surface area (Å²) in [5, 5.41) is 0. The summed E-state index contributed by atoms with van der Waals surface area (Å²) in [6.07, 6.45) is -0.212. The predicted octanol–water partition coefficient (Wildman–Crippen LogP) is 2.22. The van der Waals surface area contributed by atoms with Crippen molar-refractivity contribution in [2.45, 2.75) is 25.7 Å². The molecule has 1 aliphatic rings. The number of aryl methyl sites for hydroxylation is 1. The van der Waals surface area contributed by atoms with E-state index in [1.54, 1.807) is 0 Å². The minimum atomic E-state index is -0.702. The van der Waals surface area contributed by atoms with Gasteiger partial charge in [0, 0.05) is 5.92 Å². The van der Waals surface area contributed by atoms with Gasteiger partial charge < -0.3 is 4.74 Å². The first-order chi connectivity index (χ1) is 7.97. The normalized spacial score (nSPS) is 17.1. The molecular formula is C12H10F2O3. The van der Waals surface area contributed by atoms with Gasteiger partial charge in [-0.3, -0.25) is 9.59 Å². The molecule has 1 saturated heterocycles. The molecule has 5 heteroatoms. The molecule has 1 fully saturated rings. The van der Waals surface area contributed by atoms with E-state index in [0.717, 1.165) is 12.1 Å². The second-order valence-electron chi connectivity index (χ2n) is 4.07. The topological polar surface area (TPSA) is 43.4 Å². The summed E-state index contributed by atoms with van der Waals surface area (Å²) in [6, 6.07) is 2.11. The third-order valence-electron chi connectivity index (χ3n) is 2.77. The third-order valence-corrected chi connectivity index (χ3v) is 2.77. The van der Waals surface area contributed by atoms with Crippen LogP contribution < -0.4 is 0 Å². The average molecular weight is 240 g/mol. The van der Waals surface area contributed by atoms with Crippen molar-refractivity contribution in [3.63, 3.8) is 0 Å². The summed E-state index contributed by atoms with van der Waals surface area (Å²) < 4.78 is 31.3. The van der Waals surface area contributed by atoms with E-state index < -0.39 is 29.5 Å². The van der Waals surface area contributed by atoms with Gasteiger partial charge in [0.1, 0.15) is 11.6 Å². The maximum absolute atomic E-state index is 13.6. The SMILES string of the molecule is Cc1cc(F)c(C2CC(=O)OC(=O)C2)cc1F. The van der Waals surface area contributed by atoms with Crippen LogP contribution in [0.3, 0.4) is 0 Å². The van der Waals surface area contributed by atoms with Crippen LogP contribution >= 0.6 is 0 Å². The summed E-state index contributed by atoms with van der Waals surface area (Å²) >= 11 is 0. The van der Waals surface area contributed by atoms with E-state index in [2.05, 4.69) is 4.74 Å². The highest BCUT2D eigenvalue weighted by atomic mass is 19.1. The van der Waals surface area contributed by atoms with Gasteiger partial charge in [0.2, 0.25) is 0 Å². The van der Waals surface area contributed by atoms with Crippen LogP contribution in [-0.4, -0.2) is 11.9 Å². The molecule has 0 aliphatic carbocycles. The Morgan fingerprint density at radius 3 is 2.29 bits per heavy atom. The van der Waals surface area contributed by atoms with Crippen molar-refractivity contribution in [2.24, 2.45) is 0 Å². The van der Waals surface area contributed by atoms with Crippen LogP contribution in [0.2, 0.25) is 0 Å². The molecule has 0 bridgehead atoms. The molecule has 1 heterocycles. The number of hydrogen-bond acceptors (Lipinski definition) is 3. The Hall–Kier alpha value is -1.78. The molecule has 1 aromatic carbocycles. The zero-order valence-electron chi connectivity index (χ0n) is 9.13. The molecule has 90 valence electrons. The summed E-state index contributed by atoms with van der Waals surface area (Å²) in [4.78, 5) is 22.1. The smallest absolute Gasteiger partial charge is 0.314 e. The van der Waals surface area contributed by atoms with Crippen molar-refractivity contribution >= 4 is 11.9 Å². The Balaban J connectivity index is 2.36. The van der Waals surface area contributed by atoms with E-state index >= 15 is 0 Å². The van der Waals surface area contributed by atoms with Gasteiger partial charge in [0.05, 0.1) is 12.8 Å². The number of esters is 2. The Labute approximate surface area is 96.4 Å². The molecule has 0 saturated carbocycles. The molecular weight excluding hydrogens is 230 g/mol. The molecule has 17 heavy (non-hydrogen) atoms. The Morgan fingerprint density at radius 2 is 1.71 bits per heavy atom. The van der Waals surface area contributed by atoms with E-state index in [9.17, 15) is 18.4 Å². The Morgan fingerprint density at radius 1 is 1.12 bits per heavy atom.